The zero-order valence-electron chi connectivity index (χ0n) is 23.0. The van der Waals surface area contributed by atoms with E-state index in [-0.39, 0.29) is 25.8 Å². The molecule has 0 amide bonds. The molecule has 0 aliphatic heterocycles. The molecular formula is C31H35NO9. The average molecular weight is 566 g/mol. The van der Waals surface area contributed by atoms with Crippen LogP contribution in [0.25, 0.3) is 10.8 Å². The van der Waals surface area contributed by atoms with Crippen molar-refractivity contribution in [3.63, 3.8) is 0 Å². The van der Waals surface area contributed by atoms with Crippen molar-refractivity contribution in [3.8, 4) is 6.07 Å². The molecule has 0 radical (unpaired) electrons. The Morgan fingerprint density at radius 1 is 0.561 bits per heavy atom. The van der Waals surface area contributed by atoms with Crippen LogP contribution in [0.5, 0.6) is 0 Å². The SMILES string of the molecule is N#Cc1cccc(C(=O)OCCOCCOCCOCCOCCOCCOC(=O)c2cccc3ccccc23)c1. The average Bonchev–Trinajstić information content (AvgIpc) is 3.01. The minimum atomic E-state index is -0.494. The van der Waals surface area contributed by atoms with E-state index in [4.69, 9.17) is 38.4 Å². The molecule has 3 rings (SSSR count). The van der Waals surface area contributed by atoms with Crippen molar-refractivity contribution in [2.75, 3.05) is 79.3 Å². The Hall–Kier alpha value is -3.85. The van der Waals surface area contributed by atoms with E-state index < -0.39 is 5.97 Å². The van der Waals surface area contributed by atoms with Gasteiger partial charge in [-0.2, -0.15) is 5.26 Å². The van der Waals surface area contributed by atoms with Crippen LogP contribution < -0.4 is 0 Å². The van der Waals surface area contributed by atoms with Gasteiger partial charge in [-0.1, -0.05) is 42.5 Å². The van der Waals surface area contributed by atoms with Gasteiger partial charge in [0.25, 0.3) is 0 Å². The zero-order valence-corrected chi connectivity index (χ0v) is 23.0. The Balaban J connectivity index is 1.05. The molecule has 0 fully saturated rings. The van der Waals surface area contributed by atoms with Crippen LogP contribution in [0.15, 0.2) is 66.7 Å². The highest BCUT2D eigenvalue weighted by atomic mass is 16.6. The fourth-order valence-electron chi connectivity index (χ4n) is 3.65. The highest BCUT2D eigenvalue weighted by Crippen LogP contribution is 2.19. The number of rotatable bonds is 20. The first-order valence-electron chi connectivity index (χ1n) is 13.4. The van der Waals surface area contributed by atoms with E-state index in [1.165, 1.54) is 6.07 Å². The van der Waals surface area contributed by atoms with Gasteiger partial charge in [-0.05, 0) is 35.0 Å². The number of nitrogens with zero attached hydrogens (tertiary/aromatic N) is 1. The van der Waals surface area contributed by atoms with E-state index in [0.717, 1.165) is 10.8 Å². The van der Waals surface area contributed by atoms with Gasteiger partial charge in [-0.25, -0.2) is 9.59 Å². The monoisotopic (exact) mass is 565 g/mol. The fourth-order valence-corrected chi connectivity index (χ4v) is 3.65. The number of fused-ring (bicyclic) bond motifs is 1. The molecule has 218 valence electrons. The summed E-state index contributed by atoms with van der Waals surface area (Å²) < 4.78 is 37.6. The van der Waals surface area contributed by atoms with Crippen molar-refractivity contribution >= 4 is 22.7 Å². The predicted octanol–water partition coefficient (Wildman–Crippen LogP) is 3.81. The van der Waals surface area contributed by atoms with Gasteiger partial charge in [0.15, 0.2) is 0 Å². The largest absolute Gasteiger partial charge is 0.460 e. The second kappa shape index (κ2) is 19.3. The second-order valence-corrected chi connectivity index (χ2v) is 8.55. The van der Waals surface area contributed by atoms with E-state index >= 15 is 0 Å². The zero-order chi connectivity index (χ0) is 29.0. The van der Waals surface area contributed by atoms with Crippen LogP contribution in [-0.4, -0.2) is 91.2 Å². The number of esters is 2. The molecule has 0 bridgehead atoms. The van der Waals surface area contributed by atoms with Crippen LogP contribution in [0.4, 0.5) is 0 Å². The van der Waals surface area contributed by atoms with Gasteiger partial charge >= 0.3 is 11.9 Å². The van der Waals surface area contributed by atoms with Gasteiger partial charge in [-0.3, -0.25) is 0 Å². The lowest BCUT2D eigenvalue weighted by atomic mass is 10.1. The maximum Gasteiger partial charge on any atom is 0.338 e. The number of hydrogen-bond acceptors (Lipinski definition) is 10. The summed E-state index contributed by atoms with van der Waals surface area (Å²) >= 11 is 0. The van der Waals surface area contributed by atoms with Crippen LogP contribution in [0, 0.1) is 11.3 Å². The summed E-state index contributed by atoms with van der Waals surface area (Å²) in [5.41, 5.74) is 1.28. The Bertz CT molecular complexity index is 1250. The third-order valence-corrected chi connectivity index (χ3v) is 5.65. The van der Waals surface area contributed by atoms with Gasteiger partial charge in [0, 0.05) is 0 Å². The summed E-state index contributed by atoms with van der Waals surface area (Å²) in [5, 5.41) is 10.7. The standard InChI is InChI=1S/C31H35NO9/c32-24-25-5-3-8-27(23-25)30(33)40-21-19-38-17-15-36-13-11-35-12-14-37-16-18-39-20-22-41-31(34)29-10-4-7-26-6-1-2-9-28(26)29/h1-10,23H,11-22H2. The van der Waals surface area contributed by atoms with Gasteiger partial charge in [0.2, 0.25) is 0 Å². The molecule has 10 nitrogen and oxygen atoms in total. The lowest BCUT2D eigenvalue weighted by molar-refractivity contribution is -0.0180. The quantitative estimate of drug-likeness (QED) is 0.148. The molecule has 3 aromatic rings. The van der Waals surface area contributed by atoms with Gasteiger partial charge < -0.3 is 33.2 Å². The summed E-state index contributed by atoms with van der Waals surface area (Å²) in [7, 11) is 0. The summed E-state index contributed by atoms with van der Waals surface area (Å²) in [4.78, 5) is 24.3. The number of ether oxygens (including phenoxy) is 7. The maximum absolute atomic E-state index is 12.4. The molecule has 0 aromatic heterocycles. The third kappa shape index (κ3) is 12.0. The van der Waals surface area contributed by atoms with Crippen molar-refractivity contribution in [1.29, 1.82) is 5.26 Å². The summed E-state index contributed by atoms with van der Waals surface area (Å²) in [6, 6.07) is 21.6. The minimum Gasteiger partial charge on any atom is -0.460 e. The fraction of sp³-hybridized carbons (Fsp3) is 0.387. The molecule has 3 aromatic carbocycles. The van der Waals surface area contributed by atoms with Gasteiger partial charge in [-0.15, -0.1) is 0 Å². The van der Waals surface area contributed by atoms with E-state index in [9.17, 15) is 9.59 Å². The first-order valence-corrected chi connectivity index (χ1v) is 13.4. The minimum absolute atomic E-state index is 0.114. The molecular weight excluding hydrogens is 530 g/mol. The van der Waals surface area contributed by atoms with Gasteiger partial charge in [0.1, 0.15) is 13.2 Å². The molecule has 0 saturated carbocycles. The number of carbonyl (C=O) groups excluding carboxylic acids is 2. The number of carbonyl (C=O) groups is 2. The molecule has 0 unspecified atom stereocenters. The summed E-state index contributed by atoms with van der Waals surface area (Å²) in [6.07, 6.45) is 0. The first-order chi connectivity index (χ1) is 20.2. The van der Waals surface area contributed by atoms with Crippen molar-refractivity contribution < 1.29 is 42.7 Å². The van der Waals surface area contributed by atoms with Crippen LogP contribution in [0.1, 0.15) is 26.3 Å². The van der Waals surface area contributed by atoms with Crippen LogP contribution in [-0.2, 0) is 33.2 Å². The highest BCUT2D eigenvalue weighted by Gasteiger charge is 2.11. The predicted molar refractivity (Wildman–Crippen MR) is 150 cm³/mol. The smallest absolute Gasteiger partial charge is 0.338 e. The van der Waals surface area contributed by atoms with Crippen molar-refractivity contribution in [2.45, 2.75) is 0 Å². The van der Waals surface area contributed by atoms with E-state index in [1.54, 1.807) is 24.3 Å². The molecule has 0 N–H and O–H groups in total. The van der Waals surface area contributed by atoms with Gasteiger partial charge in [0.05, 0.1) is 88.8 Å². The molecule has 0 heterocycles. The molecule has 0 spiro atoms. The van der Waals surface area contributed by atoms with Crippen molar-refractivity contribution in [1.82, 2.24) is 0 Å². The molecule has 0 aliphatic rings. The molecule has 0 atom stereocenters. The second-order valence-electron chi connectivity index (χ2n) is 8.55. The van der Waals surface area contributed by atoms with Crippen LogP contribution in [0.3, 0.4) is 0 Å². The van der Waals surface area contributed by atoms with Crippen molar-refractivity contribution in [2.24, 2.45) is 0 Å². The number of nitriles is 1. The Morgan fingerprint density at radius 2 is 1.05 bits per heavy atom. The normalized spacial score (nSPS) is 10.8. The van der Waals surface area contributed by atoms with Crippen LogP contribution in [0.2, 0.25) is 0 Å². The lowest BCUT2D eigenvalue weighted by Crippen LogP contribution is -2.15. The lowest BCUT2D eigenvalue weighted by Gasteiger charge is -2.09. The summed E-state index contributed by atoms with van der Waals surface area (Å²) in [6.45, 7) is 4.12. The number of hydrogen-bond donors (Lipinski definition) is 0. The van der Waals surface area contributed by atoms with E-state index in [2.05, 4.69) is 0 Å². The Morgan fingerprint density at radius 3 is 1.63 bits per heavy atom. The first kappa shape index (κ1) is 31.7. The Labute approximate surface area is 239 Å². The Kier molecular flexibility index (Phi) is 14.9. The van der Waals surface area contributed by atoms with E-state index in [1.807, 2.05) is 42.5 Å². The molecule has 41 heavy (non-hydrogen) atoms. The number of benzene rings is 3. The highest BCUT2D eigenvalue weighted by molar-refractivity contribution is 6.04. The van der Waals surface area contributed by atoms with Crippen LogP contribution >= 0.6 is 0 Å². The molecule has 0 aliphatic carbocycles. The van der Waals surface area contributed by atoms with Crippen molar-refractivity contribution in [3.05, 3.63) is 83.4 Å². The summed E-state index contributed by atoms with van der Waals surface area (Å²) in [5.74, 6) is -0.860. The molecule has 0 saturated heterocycles. The molecule has 10 heteroatoms. The topological polar surface area (TPSA) is 123 Å². The third-order valence-electron chi connectivity index (χ3n) is 5.65. The van der Waals surface area contributed by atoms with E-state index in [0.29, 0.717) is 76.2 Å². The maximum atomic E-state index is 12.4.